The summed E-state index contributed by atoms with van der Waals surface area (Å²) in [5.41, 5.74) is 5.49. The molecule has 4 aromatic rings. The maximum Gasteiger partial charge on any atom is 0.162 e. The molecule has 0 unspecified atom stereocenters. The largest absolute Gasteiger partial charge is 0.490 e. The first-order valence-electron chi connectivity index (χ1n) is 10.4. The number of H-pyrrole nitrogens is 1. The lowest BCUT2D eigenvalue weighted by Crippen LogP contribution is -2.14. The molecule has 1 heterocycles. The van der Waals surface area contributed by atoms with Gasteiger partial charge in [-0.05, 0) is 49.2 Å². The number of benzene rings is 3. The molecule has 0 aliphatic rings. The monoisotopic (exact) mass is 479 g/mol. The second-order valence-electron chi connectivity index (χ2n) is 7.40. The van der Waals surface area contributed by atoms with Gasteiger partial charge in [-0.25, -0.2) is 4.98 Å². The van der Waals surface area contributed by atoms with Gasteiger partial charge in [-0.15, -0.1) is 0 Å². The van der Waals surface area contributed by atoms with Gasteiger partial charge in [-0.2, -0.15) is 0 Å². The number of hydrogen-bond donors (Lipinski definition) is 2. The highest BCUT2D eigenvalue weighted by molar-refractivity contribution is 9.10. The van der Waals surface area contributed by atoms with Gasteiger partial charge in [0, 0.05) is 11.0 Å². The highest BCUT2D eigenvalue weighted by atomic mass is 79.9. The van der Waals surface area contributed by atoms with E-state index in [0.29, 0.717) is 26.3 Å². The van der Waals surface area contributed by atoms with Gasteiger partial charge in [0.25, 0.3) is 0 Å². The van der Waals surface area contributed by atoms with E-state index in [-0.39, 0.29) is 0 Å². The normalized spacial score (nSPS) is 11.1. The topological polar surface area (TPSA) is 59.2 Å². The summed E-state index contributed by atoms with van der Waals surface area (Å²) in [6.45, 7) is 6.46. The first-order chi connectivity index (χ1) is 15.1. The molecule has 6 heteroatoms. The molecule has 0 radical (unpaired) electrons. The lowest BCUT2D eigenvalue weighted by atomic mass is 10.1. The average molecular weight is 480 g/mol. The Morgan fingerprint density at radius 2 is 1.74 bits per heavy atom. The molecule has 0 fully saturated rings. The van der Waals surface area contributed by atoms with Crippen molar-refractivity contribution in [3.63, 3.8) is 0 Å². The van der Waals surface area contributed by atoms with Crippen LogP contribution < -0.4 is 14.8 Å². The van der Waals surface area contributed by atoms with Gasteiger partial charge >= 0.3 is 0 Å². The van der Waals surface area contributed by atoms with Crippen LogP contribution in [0.15, 0.2) is 65.1 Å². The zero-order valence-corrected chi connectivity index (χ0v) is 19.3. The highest BCUT2D eigenvalue weighted by Crippen LogP contribution is 2.34. The summed E-state index contributed by atoms with van der Waals surface area (Å²) in [6.07, 6.45) is 0. The molecule has 3 aromatic carbocycles. The van der Waals surface area contributed by atoms with Crippen molar-refractivity contribution in [1.29, 1.82) is 0 Å². The third kappa shape index (κ3) is 5.46. The van der Waals surface area contributed by atoms with Gasteiger partial charge in [-0.1, -0.05) is 57.9 Å². The molecule has 0 bridgehead atoms. The fraction of sp³-hybridized carbons (Fsp3) is 0.240. The summed E-state index contributed by atoms with van der Waals surface area (Å²) in [6, 6.07) is 20.4. The fourth-order valence-corrected chi connectivity index (χ4v) is 3.81. The van der Waals surface area contributed by atoms with E-state index in [1.54, 1.807) is 0 Å². The molecule has 0 saturated carbocycles. The van der Waals surface area contributed by atoms with Crippen molar-refractivity contribution < 1.29 is 9.47 Å². The standard InChI is InChI=1S/C25H26BrN3O2/c1-3-30-23-12-19(14-27-15-25-28-21-6-4-5-7-22(21)29-25)20(26)13-24(23)31-16-18-10-8-17(2)9-11-18/h4-13,27H,3,14-16H2,1-2H3,(H,28,29). The number of para-hydroxylation sites is 2. The predicted molar refractivity (Wildman–Crippen MR) is 127 cm³/mol. The Morgan fingerprint density at radius 1 is 0.968 bits per heavy atom. The summed E-state index contributed by atoms with van der Waals surface area (Å²) in [7, 11) is 0. The molecule has 0 aliphatic heterocycles. The molecular formula is C25H26BrN3O2. The molecule has 0 amide bonds. The Balaban J connectivity index is 1.42. The van der Waals surface area contributed by atoms with E-state index in [1.165, 1.54) is 5.56 Å². The molecule has 4 rings (SSSR count). The van der Waals surface area contributed by atoms with Crippen LogP contribution in [0.25, 0.3) is 11.0 Å². The van der Waals surface area contributed by atoms with Gasteiger partial charge in [0.1, 0.15) is 12.4 Å². The van der Waals surface area contributed by atoms with Crippen LogP contribution in [-0.4, -0.2) is 16.6 Å². The Hall–Kier alpha value is -2.83. The Labute approximate surface area is 190 Å². The van der Waals surface area contributed by atoms with Crippen molar-refractivity contribution in [2.45, 2.75) is 33.5 Å². The van der Waals surface area contributed by atoms with Gasteiger partial charge in [0.15, 0.2) is 11.5 Å². The number of hydrogen-bond acceptors (Lipinski definition) is 4. The third-order valence-corrected chi connectivity index (χ3v) is 5.71. The van der Waals surface area contributed by atoms with Gasteiger partial charge in [0.05, 0.1) is 24.2 Å². The summed E-state index contributed by atoms with van der Waals surface area (Å²) in [5, 5.41) is 3.45. The maximum absolute atomic E-state index is 6.07. The predicted octanol–water partition coefficient (Wildman–Crippen LogP) is 5.90. The van der Waals surface area contributed by atoms with Crippen molar-refractivity contribution in [2.75, 3.05) is 6.61 Å². The number of nitrogens with one attached hydrogen (secondary N) is 2. The second kappa shape index (κ2) is 9.98. The van der Waals surface area contributed by atoms with Crippen LogP contribution in [-0.2, 0) is 19.7 Å². The van der Waals surface area contributed by atoms with Crippen LogP contribution in [0.3, 0.4) is 0 Å². The zero-order valence-electron chi connectivity index (χ0n) is 17.7. The van der Waals surface area contributed by atoms with Crippen LogP contribution in [0, 0.1) is 6.92 Å². The van der Waals surface area contributed by atoms with E-state index in [2.05, 4.69) is 62.4 Å². The number of aromatic amines is 1. The lowest BCUT2D eigenvalue weighted by Gasteiger charge is -2.15. The molecule has 0 spiro atoms. The Bertz CT molecular complexity index is 1120. The minimum Gasteiger partial charge on any atom is -0.490 e. The number of nitrogens with zero attached hydrogens (tertiary/aromatic N) is 1. The Kier molecular flexibility index (Phi) is 6.89. The number of imidazole rings is 1. The molecular weight excluding hydrogens is 454 g/mol. The first kappa shape index (κ1) is 21.4. The average Bonchev–Trinajstić information content (AvgIpc) is 3.19. The van der Waals surface area contributed by atoms with E-state index < -0.39 is 0 Å². The molecule has 0 atom stereocenters. The van der Waals surface area contributed by atoms with E-state index >= 15 is 0 Å². The molecule has 2 N–H and O–H groups in total. The number of aryl methyl sites for hydroxylation is 1. The quantitative estimate of drug-likeness (QED) is 0.313. The summed E-state index contributed by atoms with van der Waals surface area (Å²) < 4.78 is 12.9. The number of ether oxygens (including phenoxy) is 2. The first-order valence-corrected chi connectivity index (χ1v) is 11.2. The summed E-state index contributed by atoms with van der Waals surface area (Å²) in [5.74, 6) is 2.40. The minimum atomic E-state index is 0.496. The molecule has 1 aromatic heterocycles. The number of halogens is 1. The maximum atomic E-state index is 6.07. The van der Waals surface area contributed by atoms with Crippen LogP contribution in [0.2, 0.25) is 0 Å². The number of rotatable bonds is 9. The van der Waals surface area contributed by atoms with Crippen LogP contribution in [0.5, 0.6) is 11.5 Å². The van der Waals surface area contributed by atoms with E-state index in [9.17, 15) is 0 Å². The smallest absolute Gasteiger partial charge is 0.162 e. The van der Waals surface area contributed by atoms with Crippen LogP contribution in [0.4, 0.5) is 0 Å². The van der Waals surface area contributed by atoms with Crippen molar-refractivity contribution >= 4 is 27.0 Å². The highest BCUT2D eigenvalue weighted by Gasteiger charge is 2.12. The SMILES string of the molecule is CCOc1cc(CNCc2nc3ccccc3[nH]2)c(Br)cc1OCc1ccc(C)cc1. The molecule has 160 valence electrons. The van der Waals surface area contributed by atoms with E-state index in [1.807, 2.05) is 43.3 Å². The van der Waals surface area contributed by atoms with Crippen molar-refractivity contribution in [1.82, 2.24) is 15.3 Å². The fourth-order valence-electron chi connectivity index (χ4n) is 3.34. The molecule has 5 nitrogen and oxygen atoms in total. The minimum absolute atomic E-state index is 0.496. The van der Waals surface area contributed by atoms with Gasteiger partial charge in [0.2, 0.25) is 0 Å². The van der Waals surface area contributed by atoms with Crippen molar-refractivity contribution in [3.05, 3.63) is 87.7 Å². The van der Waals surface area contributed by atoms with Gasteiger partial charge < -0.3 is 19.8 Å². The van der Waals surface area contributed by atoms with Crippen LogP contribution >= 0.6 is 15.9 Å². The Morgan fingerprint density at radius 3 is 2.52 bits per heavy atom. The van der Waals surface area contributed by atoms with Crippen LogP contribution in [0.1, 0.15) is 29.4 Å². The molecule has 31 heavy (non-hydrogen) atoms. The van der Waals surface area contributed by atoms with Gasteiger partial charge in [-0.3, -0.25) is 0 Å². The van der Waals surface area contributed by atoms with Crippen molar-refractivity contribution in [3.8, 4) is 11.5 Å². The third-order valence-electron chi connectivity index (χ3n) is 4.97. The lowest BCUT2D eigenvalue weighted by molar-refractivity contribution is 0.269. The summed E-state index contributed by atoms with van der Waals surface area (Å²) >= 11 is 3.68. The number of aromatic nitrogens is 2. The molecule has 0 aliphatic carbocycles. The van der Waals surface area contributed by atoms with Crippen molar-refractivity contribution in [2.24, 2.45) is 0 Å². The zero-order chi connectivity index (χ0) is 21.6. The second-order valence-corrected chi connectivity index (χ2v) is 8.26. The number of fused-ring (bicyclic) bond motifs is 1. The van der Waals surface area contributed by atoms with E-state index in [0.717, 1.165) is 44.0 Å². The molecule has 0 saturated heterocycles. The summed E-state index contributed by atoms with van der Waals surface area (Å²) in [4.78, 5) is 7.95. The van der Waals surface area contributed by atoms with E-state index in [4.69, 9.17) is 9.47 Å².